The first kappa shape index (κ1) is 14.5. The van der Waals surface area contributed by atoms with Crippen LogP contribution in [0.15, 0.2) is 48.7 Å². The van der Waals surface area contributed by atoms with Crippen LogP contribution in [0, 0.1) is 6.92 Å². The predicted octanol–water partition coefficient (Wildman–Crippen LogP) is 3.27. The van der Waals surface area contributed by atoms with Crippen LogP contribution in [0.1, 0.15) is 21.6 Å². The second kappa shape index (κ2) is 7.06. The van der Waals surface area contributed by atoms with Gasteiger partial charge in [-0.15, -0.1) is 11.6 Å². The Balaban J connectivity index is 2.18. The summed E-state index contributed by atoms with van der Waals surface area (Å²) in [7, 11) is 0. The Morgan fingerprint density at radius 2 is 2.00 bits per heavy atom. The average molecular weight is 289 g/mol. The Labute approximate surface area is 124 Å². The number of rotatable bonds is 5. The number of amides is 1. The standard InChI is InChI=1S/C16H17ClN2O/c1-13-11-15(7-9-18-13)16(20)19(10-8-17)12-14-5-3-2-4-6-14/h2-7,9,11H,8,10,12H2,1H3. The van der Waals surface area contributed by atoms with E-state index in [2.05, 4.69) is 4.98 Å². The Kier molecular flexibility index (Phi) is 5.13. The Hall–Kier alpha value is -1.87. The maximum atomic E-state index is 12.5. The number of pyridine rings is 1. The van der Waals surface area contributed by atoms with Gasteiger partial charge in [0.1, 0.15) is 0 Å². The van der Waals surface area contributed by atoms with Gasteiger partial charge in [-0.1, -0.05) is 30.3 Å². The van der Waals surface area contributed by atoms with Gasteiger partial charge in [0.25, 0.3) is 5.91 Å². The quantitative estimate of drug-likeness (QED) is 0.791. The number of nitrogens with zero attached hydrogens (tertiary/aromatic N) is 2. The van der Waals surface area contributed by atoms with Crippen LogP contribution in [0.2, 0.25) is 0 Å². The van der Waals surface area contributed by atoms with Crippen LogP contribution in [0.4, 0.5) is 0 Å². The molecule has 1 aromatic carbocycles. The molecule has 2 aromatic rings. The van der Waals surface area contributed by atoms with Crippen LogP contribution in [-0.2, 0) is 6.54 Å². The van der Waals surface area contributed by atoms with Gasteiger partial charge >= 0.3 is 0 Å². The van der Waals surface area contributed by atoms with Gasteiger partial charge in [0.05, 0.1) is 0 Å². The zero-order valence-corrected chi connectivity index (χ0v) is 12.2. The van der Waals surface area contributed by atoms with Gasteiger partial charge in [-0.2, -0.15) is 0 Å². The van der Waals surface area contributed by atoms with Gasteiger partial charge in [-0.25, -0.2) is 0 Å². The van der Waals surface area contributed by atoms with Gasteiger partial charge in [-0.3, -0.25) is 9.78 Å². The summed E-state index contributed by atoms with van der Waals surface area (Å²) in [5.74, 6) is 0.405. The van der Waals surface area contributed by atoms with Crippen LogP contribution < -0.4 is 0 Å². The molecule has 0 aliphatic heterocycles. The number of carbonyl (C=O) groups is 1. The van der Waals surface area contributed by atoms with E-state index in [0.29, 0.717) is 24.5 Å². The lowest BCUT2D eigenvalue weighted by molar-refractivity contribution is 0.0753. The van der Waals surface area contributed by atoms with Gasteiger partial charge < -0.3 is 4.90 Å². The lowest BCUT2D eigenvalue weighted by Gasteiger charge is -2.22. The zero-order valence-electron chi connectivity index (χ0n) is 11.4. The number of carbonyl (C=O) groups excluding carboxylic acids is 1. The molecule has 2 rings (SSSR count). The highest BCUT2D eigenvalue weighted by atomic mass is 35.5. The number of aryl methyl sites for hydroxylation is 1. The van der Waals surface area contributed by atoms with Crippen LogP contribution in [0.3, 0.4) is 0 Å². The van der Waals surface area contributed by atoms with E-state index in [9.17, 15) is 4.79 Å². The lowest BCUT2D eigenvalue weighted by Crippen LogP contribution is -2.32. The smallest absolute Gasteiger partial charge is 0.254 e. The second-order valence-corrected chi connectivity index (χ2v) is 4.97. The highest BCUT2D eigenvalue weighted by molar-refractivity contribution is 6.18. The third-order valence-electron chi connectivity index (χ3n) is 3.00. The predicted molar refractivity (Wildman–Crippen MR) is 80.9 cm³/mol. The van der Waals surface area contributed by atoms with Gasteiger partial charge in [0.2, 0.25) is 0 Å². The summed E-state index contributed by atoms with van der Waals surface area (Å²) in [6.07, 6.45) is 1.66. The maximum Gasteiger partial charge on any atom is 0.254 e. The van der Waals surface area contributed by atoms with Crippen LogP contribution >= 0.6 is 11.6 Å². The van der Waals surface area contributed by atoms with E-state index in [1.807, 2.05) is 37.3 Å². The van der Waals surface area contributed by atoms with Crippen LogP contribution in [-0.4, -0.2) is 28.2 Å². The minimum atomic E-state index is -0.0139. The molecule has 0 N–H and O–H groups in total. The molecule has 4 heteroatoms. The molecule has 0 unspecified atom stereocenters. The van der Waals surface area contributed by atoms with E-state index in [-0.39, 0.29) is 5.91 Å². The fourth-order valence-electron chi connectivity index (χ4n) is 2.02. The average Bonchev–Trinajstić information content (AvgIpc) is 2.47. The maximum absolute atomic E-state index is 12.5. The molecule has 0 aliphatic carbocycles. The highest BCUT2D eigenvalue weighted by Gasteiger charge is 2.15. The molecule has 104 valence electrons. The molecule has 0 saturated heterocycles. The number of halogens is 1. The molecular weight excluding hydrogens is 272 g/mol. The SMILES string of the molecule is Cc1cc(C(=O)N(CCCl)Cc2ccccc2)ccn1. The van der Waals surface area contributed by atoms with E-state index in [0.717, 1.165) is 11.3 Å². The van der Waals surface area contributed by atoms with E-state index in [1.54, 1.807) is 23.2 Å². The van der Waals surface area contributed by atoms with E-state index >= 15 is 0 Å². The minimum absolute atomic E-state index is 0.0139. The van der Waals surface area contributed by atoms with Crippen molar-refractivity contribution < 1.29 is 4.79 Å². The number of hydrogen-bond acceptors (Lipinski definition) is 2. The third-order valence-corrected chi connectivity index (χ3v) is 3.17. The van der Waals surface area contributed by atoms with Crippen molar-refractivity contribution in [2.75, 3.05) is 12.4 Å². The summed E-state index contributed by atoms with van der Waals surface area (Å²) in [6.45, 7) is 2.96. The fourth-order valence-corrected chi connectivity index (χ4v) is 2.22. The topological polar surface area (TPSA) is 33.2 Å². The molecule has 0 atom stereocenters. The molecule has 1 amide bonds. The highest BCUT2D eigenvalue weighted by Crippen LogP contribution is 2.11. The van der Waals surface area contributed by atoms with Crippen molar-refractivity contribution in [3.8, 4) is 0 Å². The first-order valence-corrected chi connectivity index (χ1v) is 7.06. The van der Waals surface area contributed by atoms with Crippen molar-refractivity contribution in [1.82, 2.24) is 9.88 Å². The zero-order chi connectivity index (χ0) is 14.4. The third kappa shape index (κ3) is 3.81. The van der Waals surface area contributed by atoms with E-state index in [1.165, 1.54) is 0 Å². The molecule has 0 spiro atoms. The largest absolute Gasteiger partial charge is 0.333 e. The van der Waals surface area contributed by atoms with Gasteiger partial charge in [0.15, 0.2) is 0 Å². The Morgan fingerprint density at radius 3 is 2.65 bits per heavy atom. The summed E-state index contributed by atoms with van der Waals surface area (Å²) >= 11 is 5.82. The van der Waals surface area contributed by atoms with Crippen molar-refractivity contribution in [3.63, 3.8) is 0 Å². The Bertz CT molecular complexity index is 572. The van der Waals surface area contributed by atoms with Crippen molar-refractivity contribution in [3.05, 3.63) is 65.5 Å². The van der Waals surface area contributed by atoms with Gasteiger partial charge in [-0.05, 0) is 24.6 Å². The van der Waals surface area contributed by atoms with Crippen molar-refractivity contribution in [2.24, 2.45) is 0 Å². The van der Waals surface area contributed by atoms with Crippen molar-refractivity contribution in [1.29, 1.82) is 0 Å². The molecule has 1 heterocycles. The van der Waals surface area contributed by atoms with Crippen molar-refractivity contribution >= 4 is 17.5 Å². The van der Waals surface area contributed by atoms with E-state index < -0.39 is 0 Å². The molecule has 0 fully saturated rings. The summed E-state index contributed by atoms with van der Waals surface area (Å²) in [4.78, 5) is 18.4. The molecular formula is C16H17ClN2O. The number of alkyl halides is 1. The first-order chi connectivity index (χ1) is 9.70. The molecule has 0 saturated carbocycles. The van der Waals surface area contributed by atoms with Crippen LogP contribution in [0.25, 0.3) is 0 Å². The molecule has 0 radical (unpaired) electrons. The molecule has 3 nitrogen and oxygen atoms in total. The summed E-state index contributed by atoms with van der Waals surface area (Å²) in [5, 5.41) is 0. The second-order valence-electron chi connectivity index (χ2n) is 4.59. The number of hydrogen-bond donors (Lipinski definition) is 0. The fraction of sp³-hybridized carbons (Fsp3) is 0.250. The summed E-state index contributed by atoms with van der Waals surface area (Å²) in [5.41, 5.74) is 2.58. The Morgan fingerprint density at radius 1 is 1.25 bits per heavy atom. The van der Waals surface area contributed by atoms with Crippen molar-refractivity contribution in [2.45, 2.75) is 13.5 Å². The summed E-state index contributed by atoms with van der Waals surface area (Å²) in [6, 6.07) is 13.4. The summed E-state index contributed by atoms with van der Waals surface area (Å²) < 4.78 is 0. The normalized spacial score (nSPS) is 10.3. The minimum Gasteiger partial charge on any atom is -0.333 e. The molecule has 1 aromatic heterocycles. The first-order valence-electron chi connectivity index (χ1n) is 6.52. The number of aromatic nitrogens is 1. The molecule has 0 aliphatic rings. The lowest BCUT2D eigenvalue weighted by atomic mass is 10.1. The molecule has 0 bridgehead atoms. The molecule has 20 heavy (non-hydrogen) atoms. The van der Waals surface area contributed by atoms with E-state index in [4.69, 9.17) is 11.6 Å². The number of benzene rings is 1. The monoisotopic (exact) mass is 288 g/mol. The van der Waals surface area contributed by atoms with Gasteiger partial charge in [0, 0.05) is 36.4 Å². The van der Waals surface area contributed by atoms with Crippen LogP contribution in [0.5, 0.6) is 0 Å².